The molecule has 0 bridgehead atoms. The molecule has 20 heavy (non-hydrogen) atoms. The lowest BCUT2D eigenvalue weighted by molar-refractivity contribution is 0.446. The third-order valence-electron chi connectivity index (χ3n) is 2.12. The van der Waals surface area contributed by atoms with Gasteiger partial charge >= 0.3 is 0 Å². The molecule has 1 heterocycles. The number of nitrogens with two attached hydrogens (primary N) is 1. The number of nitrogen functional groups attached to an aromatic ring is 1. The Labute approximate surface area is 118 Å². The number of hydrogen-bond donors (Lipinski definition) is 3. The third kappa shape index (κ3) is 5.36. The first-order valence-corrected chi connectivity index (χ1v) is 8.85. The molecule has 1 aromatic heterocycles. The molecule has 11 heteroatoms. The van der Waals surface area contributed by atoms with Crippen LogP contribution in [-0.2, 0) is 20.0 Å². The van der Waals surface area contributed by atoms with Crippen molar-refractivity contribution in [2.75, 3.05) is 18.5 Å². The Morgan fingerprint density at radius 2 is 1.70 bits per heavy atom. The van der Waals surface area contributed by atoms with E-state index in [0.29, 0.717) is 0 Å². The highest BCUT2D eigenvalue weighted by molar-refractivity contribution is 7.89. The molecule has 0 atom stereocenters. The van der Waals surface area contributed by atoms with Crippen LogP contribution in [0.5, 0.6) is 0 Å². The van der Waals surface area contributed by atoms with Crippen molar-refractivity contribution in [1.29, 1.82) is 0 Å². The number of nitrogens with zero attached hydrogens (tertiary/aromatic N) is 2. The molecule has 4 N–H and O–H groups in total. The Bertz CT molecular complexity index is 667. The van der Waals surface area contributed by atoms with Crippen LogP contribution >= 0.6 is 0 Å². The fourth-order valence-corrected chi connectivity index (χ4v) is 3.54. The number of sulfonamides is 2. The van der Waals surface area contributed by atoms with E-state index in [1.54, 1.807) is 13.8 Å². The average molecular weight is 323 g/mol. The molecule has 0 aliphatic carbocycles. The van der Waals surface area contributed by atoms with E-state index in [-0.39, 0.29) is 17.4 Å². The summed E-state index contributed by atoms with van der Waals surface area (Å²) < 4.78 is 50.8. The topological polar surface area (TPSA) is 144 Å². The van der Waals surface area contributed by atoms with Gasteiger partial charge in [0, 0.05) is 12.1 Å². The molecule has 1 rings (SSSR count). The summed E-state index contributed by atoms with van der Waals surface area (Å²) in [6.07, 6.45) is 3.14. The summed E-state index contributed by atoms with van der Waals surface area (Å²) in [6, 6.07) is 0. The van der Waals surface area contributed by atoms with Crippen LogP contribution < -0.4 is 15.2 Å². The minimum absolute atomic E-state index is 0.0389. The zero-order valence-corrected chi connectivity index (χ0v) is 12.9. The maximum atomic E-state index is 11.9. The minimum atomic E-state index is -3.83. The molecular formula is C9H17N5O4S2. The van der Waals surface area contributed by atoms with Crippen molar-refractivity contribution in [3.8, 4) is 0 Å². The molecule has 0 spiro atoms. The molecule has 0 radical (unpaired) electrons. The maximum absolute atomic E-state index is 11.9. The van der Waals surface area contributed by atoms with E-state index in [9.17, 15) is 16.8 Å². The van der Waals surface area contributed by atoms with Crippen LogP contribution in [0.1, 0.15) is 13.8 Å². The highest BCUT2D eigenvalue weighted by Gasteiger charge is 2.25. The molecule has 0 amide bonds. The summed E-state index contributed by atoms with van der Waals surface area (Å²) >= 11 is 0. The van der Waals surface area contributed by atoms with Crippen LogP contribution in [0.3, 0.4) is 0 Å². The number of rotatable bonds is 6. The summed E-state index contributed by atoms with van der Waals surface area (Å²) in [5.41, 5.74) is 4.29. The van der Waals surface area contributed by atoms with Gasteiger partial charge in [-0.25, -0.2) is 36.2 Å². The summed E-state index contributed by atoms with van der Waals surface area (Å²) in [5, 5.41) is 0. The van der Waals surface area contributed by atoms with E-state index in [2.05, 4.69) is 19.4 Å². The van der Waals surface area contributed by atoms with E-state index >= 15 is 0 Å². The molecule has 0 aliphatic rings. The Hall–Kier alpha value is -1.30. The Kier molecular flexibility index (Phi) is 4.69. The SMILES string of the molecule is CC(C)(CNS(=O)(=O)c1cnc(N)nc1)NS(C)(=O)=O. The number of hydrogen-bond acceptors (Lipinski definition) is 7. The van der Waals surface area contributed by atoms with Crippen molar-refractivity contribution >= 4 is 26.0 Å². The average Bonchev–Trinajstić information content (AvgIpc) is 2.24. The quantitative estimate of drug-likeness (QED) is 0.588. The Morgan fingerprint density at radius 1 is 1.20 bits per heavy atom. The van der Waals surface area contributed by atoms with Gasteiger partial charge in [0.15, 0.2) is 0 Å². The number of nitrogens with one attached hydrogen (secondary N) is 2. The predicted molar refractivity (Wildman–Crippen MR) is 73.7 cm³/mol. The van der Waals surface area contributed by atoms with Crippen molar-refractivity contribution in [2.24, 2.45) is 0 Å². The third-order valence-corrected chi connectivity index (χ3v) is 4.40. The van der Waals surface area contributed by atoms with Gasteiger partial charge in [0.05, 0.1) is 18.6 Å². The zero-order chi connectivity index (χ0) is 15.6. The maximum Gasteiger partial charge on any atom is 0.243 e. The lowest BCUT2D eigenvalue weighted by Crippen LogP contribution is -2.50. The van der Waals surface area contributed by atoms with E-state index in [0.717, 1.165) is 18.6 Å². The van der Waals surface area contributed by atoms with E-state index in [1.807, 2.05) is 0 Å². The van der Waals surface area contributed by atoms with Gasteiger partial charge in [0.1, 0.15) is 4.90 Å². The second-order valence-electron chi connectivity index (χ2n) is 4.86. The van der Waals surface area contributed by atoms with Gasteiger partial charge < -0.3 is 5.73 Å². The first-order chi connectivity index (χ1) is 8.91. The molecule has 114 valence electrons. The normalized spacial score (nSPS) is 13.3. The number of aromatic nitrogens is 2. The van der Waals surface area contributed by atoms with Gasteiger partial charge in [-0.2, -0.15) is 0 Å². The molecule has 0 saturated heterocycles. The van der Waals surface area contributed by atoms with Crippen LogP contribution in [0, 0.1) is 0 Å². The van der Waals surface area contributed by atoms with Gasteiger partial charge in [-0.15, -0.1) is 0 Å². The van der Waals surface area contributed by atoms with Crippen LogP contribution in [0.2, 0.25) is 0 Å². The summed E-state index contributed by atoms with van der Waals surface area (Å²) in [5.74, 6) is -0.0389. The van der Waals surface area contributed by atoms with Crippen molar-refractivity contribution in [3.05, 3.63) is 12.4 Å². The van der Waals surface area contributed by atoms with E-state index in [1.165, 1.54) is 0 Å². The second kappa shape index (κ2) is 5.60. The highest BCUT2D eigenvalue weighted by atomic mass is 32.2. The molecule has 0 saturated carbocycles. The summed E-state index contributed by atoms with van der Waals surface area (Å²) in [6.45, 7) is 2.97. The monoisotopic (exact) mass is 323 g/mol. The van der Waals surface area contributed by atoms with Crippen LogP contribution in [0.4, 0.5) is 5.95 Å². The first kappa shape index (κ1) is 16.8. The predicted octanol–water partition coefficient (Wildman–Crippen LogP) is -1.34. The number of anilines is 1. The lowest BCUT2D eigenvalue weighted by Gasteiger charge is -2.25. The van der Waals surface area contributed by atoms with Crippen LogP contribution in [0.15, 0.2) is 17.3 Å². The largest absolute Gasteiger partial charge is 0.368 e. The van der Waals surface area contributed by atoms with Gasteiger partial charge in [0.25, 0.3) is 0 Å². The molecular weight excluding hydrogens is 306 g/mol. The van der Waals surface area contributed by atoms with Crippen molar-refractivity contribution in [1.82, 2.24) is 19.4 Å². The second-order valence-corrected chi connectivity index (χ2v) is 8.38. The van der Waals surface area contributed by atoms with E-state index < -0.39 is 25.6 Å². The van der Waals surface area contributed by atoms with Crippen molar-refractivity contribution in [3.63, 3.8) is 0 Å². The molecule has 1 aromatic rings. The van der Waals surface area contributed by atoms with Crippen LogP contribution in [0.25, 0.3) is 0 Å². The lowest BCUT2D eigenvalue weighted by atomic mass is 10.1. The Balaban J connectivity index is 2.80. The minimum Gasteiger partial charge on any atom is -0.368 e. The molecule has 9 nitrogen and oxygen atoms in total. The van der Waals surface area contributed by atoms with Crippen molar-refractivity contribution < 1.29 is 16.8 Å². The summed E-state index contributed by atoms with van der Waals surface area (Å²) in [4.78, 5) is 7.02. The van der Waals surface area contributed by atoms with Gasteiger partial charge in [0.2, 0.25) is 26.0 Å². The molecule has 0 aromatic carbocycles. The zero-order valence-electron chi connectivity index (χ0n) is 11.3. The first-order valence-electron chi connectivity index (χ1n) is 5.47. The van der Waals surface area contributed by atoms with Gasteiger partial charge in [-0.05, 0) is 13.8 Å². The summed E-state index contributed by atoms with van der Waals surface area (Å²) in [7, 11) is -7.28. The van der Waals surface area contributed by atoms with Crippen molar-refractivity contribution in [2.45, 2.75) is 24.3 Å². The Morgan fingerprint density at radius 3 is 2.15 bits per heavy atom. The molecule has 0 unspecified atom stereocenters. The van der Waals surface area contributed by atoms with Crippen LogP contribution in [-0.4, -0.2) is 45.1 Å². The smallest absolute Gasteiger partial charge is 0.243 e. The molecule has 0 fully saturated rings. The van der Waals surface area contributed by atoms with E-state index in [4.69, 9.17) is 5.73 Å². The van der Waals surface area contributed by atoms with Gasteiger partial charge in [-0.1, -0.05) is 0 Å². The fourth-order valence-electron chi connectivity index (χ4n) is 1.36. The highest BCUT2D eigenvalue weighted by Crippen LogP contribution is 2.08. The standard InChI is InChI=1S/C9H17N5O4S2/c1-9(2,14-19(3,15)16)6-13-20(17,18)7-4-11-8(10)12-5-7/h4-5,13-14H,6H2,1-3H3,(H2,10,11,12). The molecule has 0 aliphatic heterocycles. The fraction of sp³-hybridized carbons (Fsp3) is 0.556. The van der Waals surface area contributed by atoms with Gasteiger partial charge in [-0.3, -0.25) is 0 Å².